The van der Waals surface area contributed by atoms with E-state index in [2.05, 4.69) is 321 Å². The Morgan fingerprint density at radius 3 is 1.00 bits per heavy atom. The van der Waals surface area contributed by atoms with Crippen LogP contribution < -0.4 is 4.90 Å². The van der Waals surface area contributed by atoms with Crippen LogP contribution in [0.25, 0.3) is 196 Å². The molecule has 0 saturated heterocycles. The Bertz CT molecular complexity index is 7360. The number of para-hydroxylation sites is 4. The summed E-state index contributed by atoms with van der Waals surface area (Å²) in [6.45, 7) is 4.61. The minimum absolute atomic E-state index is 0.302. The second-order valence-corrected chi connectivity index (χ2v) is 31.1. The van der Waals surface area contributed by atoms with Gasteiger partial charge in [0.05, 0.1) is 33.5 Å². The van der Waals surface area contributed by atoms with Crippen LogP contribution in [-0.2, 0) is 5.41 Å². The number of anilines is 3. The average Bonchev–Trinajstić information content (AvgIpc) is 1.36. The van der Waals surface area contributed by atoms with Gasteiger partial charge in [-0.15, -0.1) is 0 Å². The van der Waals surface area contributed by atoms with Crippen LogP contribution in [0.4, 0.5) is 17.2 Å². The van der Waals surface area contributed by atoms with Crippen LogP contribution >= 0.6 is 0 Å². The topological polar surface area (TPSA) is 124 Å². The van der Waals surface area contributed by atoms with Crippen molar-refractivity contribution < 1.29 is 4.42 Å². The lowest BCUT2D eigenvalue weighted by Gasteiger charge is -2.41. The van der Waals surface area contributed by atoms with E-state index in [4.69, 9.17) is 44.3 Å². The van der Waals surface area contributed by atoms with E-state index in [0.717, 1.165) is 166 Å². The molecule has 0 bridgehead atoms. The number of fused-ring (bicyclic) bond motifs is 8. The second-order valence-electron chi connectivity index (χ2n) is 31.1. The van der Waals surface area contributed by atoms with Crippen LogP contribution in [0.2, 0.25) is 0 Å². The van der Waals surface area contributed by atoms with Gasteiger partial charge in [0, 0.05) is 72.7 Å². The number of nitrogens with zero attached hydrogens (tertiary/aromatic N) is 10. The maximum Gasteiger partial charge on any atom is 0.167 e. The maximum atomic E-state index is 6.57. The Labute approximate surface area is 693 Å². The SMILES string of the molecule is CC1(C)c2ccccc2N(c2ncc(-c3cc(-c4ccccc4)cc(-c4ccc(-c5ccc(-c6nc(-c7ccccc7)nc(-c7cc(-c8cc(-c9ccccc9)cc(-c9ccccc9)c8)cnc7-n7c8ccccc8c8cc9oc%10ccccc%10c9cc87)n6)cc5)cc4)c3)cc2-c2nc(-c3ccccc3)nc(-c3ccccc3)n2)c2ccccc21. The van der Waals surface area contributed by atoms with Crippen molar-refractivity contribution >= 4 is 60.9 Å². The Kier molecular flexibility index (Phi) is 17.3. The Balaban J connectivity index is 0.665. The largest absolute Gasteiger partial charge is 0.456 e. The summed E-state index contributed by atoms with van der Waals surface area (Å²) in [5.41, 5.74) is 27.2. The highest BCUT2D eigenvalue weighted by atomic mass is 16.3. The molecule has 0 unspecified atom stereocenters. The van der Waals surface area contributed by atoms with Gasteiger partial charge in [-0.05, 0) is 163 Å². The minimum Gasteiger partial charge on any atom is -0.456 e. The van der Waals surface area contributed by atoms with Crippen LogP contribution in [0.1, 0.15) is 25.0 Å². The van der Waals surface area contributed by atoms with Crippen molar-refractivity contribution in [2.75, 3.05) is 4.90 Å². The van der Waals surface area contributed by atoms with Gasteiger partial charge in [0.15, 0.2) is 34.9 Å². The van der Waals surface area contributed by atoms with Crippen molar-refractivity contribution in [3.8, 4) is 152 Å². The zero-order chi connectivity index (χ0) is 79.8. The first-order valence-electron chi connectivity index (χ1n) is 40.4. The zero-order valence-corrected chi connectivity index (χ0v) is 65.5. The monoisotopic (exact) mass is 1540 g/mol. The van der Waals surface area contributed by atoms with Gasteiger partial charge in [0.25, 0.3) is 0 Å². The van der Waals surface area contributed by atoms with Crippen molar-refractivity contribution in [1.29, 1.82) is 0 Å². The molecule has 0 radical (unpaired) electrons. The molecule has 1 aliphatic heterocycles. The zero-order valence-electron chi connectivity index (χ0n) is 65.5. The molecular formula is C109H72N10O. The molecule has 22 rings (SSSR count). The number of pyridine rings is 2. The fourth-order valence-corrected chi connectivity index (χ4v) is 17.3. The first-order valence-corrected chi connectivity index (χ1v) is 40.4. The molecule has 120 heavy (non-hydrogen) atoms. The smallest absolute Gasteiger partial charge is 0.167 e. The summed E-state index contributed by atoms with van der Waals surface area (Å²) in [5, 5.41) is 4.15. The molecule has 0 spiro atoms. The van der Waals surface area contributed by atoms with Crippen LogP contribution in [0, 0.1) is 0 Å². The highest BCUT2D eigenvalue weighted by Gasteiger charge is 2.38. The van der Waals surface area contributed by atoms with E-state index < -0.39 is 0 Å². The van der Waals surface area contributed by atoms with Crippen molar-refractivity contribution in [1.82, 2.24) is 44.4 Å². The van der Waals surface area contributed by atoms with E-state index in [9.17, 15) is 0 Å². The highest BCUT2D eigenvalue weighted by molar-refractivity contribution is 6.17. The molecule has 0 N–H and O–H groups in total. The molecule has 7 heterocycles. The lowest BCUT2D eigenvalue weighted by Crippen LogP contribution is -2.31. The van der Waals surface area contributed by atoms with E-state index in [0.29, 0.717) is 46.6 Å². The number of furan rings is 1. The number of benzene rings is 15. The van der Waals surface area contributed by atoms with Crippen molar-refractivity contribution in [3.05, 3.63) is 412 Å². The first-order chi connectivity index (χ1) is 59.2. The Hall–Kier alpha value is -16.0. The van der Waals surface area contributed by atoms with Crippen molar-refractivity contribution in [3.63, 3.8) is 0 Å². The van der Waals surface area contributed by atoms with E-state index in [-0.39, 0.29) is 5.41 Å². The molecule has 1 aliphatic rings. The van der Waals surface area contributed by atoms with Crippen LogP contribution in [0.15, 0.2) is 405 Å². The van der Waals surface area contributed by atoms with E-state index in [1.165, 1.54) is 11.1 Å². The summed E-state index contributed by atoms with van der Waals surface area (Å²) in [4.78, 5) is 45.9. The van der Waals surface area contributed by atoms with Gasteiger partial charge in [0.1, 0.15) is 22.8 Å². The fourth-order valence-electron chi connectivity index (χ4n) is 17.3. The molecule has 0 fully saturated rings. The molecular weight excluding hydrogens is 1470 g/mol. The Morgan fingerprint density at radius 1 is 0.225 bits per heavy atom. The molecule has 11 nitrogen and oxygen atoms in total. The van der Waals surface area contributed by atoms with Crippen molar-refractivity contribution in [2.24, 2.45) is 0 Å². The number of hydrogen-bond acceptors (Lipinski definition) is 10. The van der Waals surface area contributed by atoms with Gasteiger partial charge in [-0.3, -0.25) is 9.47 Å². The van der Waals surface area contributed by atoms with E-state index in [1.54, 1.807) is 0 Å². The molecule has 564 valence electrons. The van der Waals surface area contributed by atoms with Gasteiger partial charge in [-0.1, -0.05) is 317 Å². The predicted molar refractivity (Wildman–Crippen MR) is 488 cm³/mol. The van der Waals surface area contributed by atoms with Gasteiger partial charge < -0.3 is 4.42 Å². The van der Waals surface area contributed by atoms with Crippen molar-refractivity contribution in [2.45, 2.75) is 19.3 Å². The third kappa shape index (κ3) is 12.7. The predicted octanol–water partition coefficient (Wildman–Crippen LogP) is 27.6. The summed E-state index contributed by atoms with van der Waals surface area (Å²) in [5.74, 6) is 4.51. The number of hydrogen-bond donors (Lipinski definition) is 0. The minimum atomic E-state index is -0.302. The quantitative estimate of drug-likeness (QED) is 0.0980. The number of aromatic nitrogens is 9. The van der Waals surface area contributed by atoms with Gasteiger partial charge in [0.2, 0.25) is 0 Å². The second kappa shape index (κ2) is 29.4. The highest BCUT2D eigenvalue weighted by Crippen LogP contribution is 2.54. The van der Waals surface area contributed by atoms with Gasteiger partial charge in [-0.2, -0.15) is 0 Å². The van der Waals surface area contributed by atoms with E-state index in [1.807, 2.05) is 103 Å². The van der Waals surface area contributed by atoms with Crippen LogP contribution in [0.3, 0.4) is 0 Å². The van der Waals surface area contributed by atoms with E-state index >= 15 is 0 Å². The third-order valence-electron chi connectivity index (χ3n) is 23.4. The van der Waals surface area contributed by atoms with Crippen LogP contribution in [0.5, 0.6) is 0 Å². The molecule has 0 aliphatic carbocycles. The summed E-state index contributed by atoms with van der Waals surface area (Å²) in [6, 6.07) is 136. The summed E-state index contributed by atoms with van der Waals surface area (Å²) in [6.07, 6.45) is 4.01. The fraction of sp³-hybridized carbons (Fsp3) is 0.0275. The molecule has 11 heteroatoms. The standard InChI is InChI=1S/C109H72N10O/c1-109(2)93-43-23-26-46-96(93)119(97-47-27-24-44-94(97)109)108-92(106-114-101(75-35-15-6-16-36-75)112-102(115-106)76-37-17-7-18-38-76)64-86(68-111-108)84-61-81(71-33-13-5-14-34-71)58-82(62-84)74-51-49-72(50-52-74)73-53-55-78(56-54-73)104-113-103(77-39-19-8-20-40-77)116-105(117-104)91-63-85(83-59-79(69-29-9-3-10-30-69)57-80(60-83)70-31-11-4-12-32-70)67-110-107(91)118-95-45-25-21-41-87(95)89-66-100-90(65-98(89)118)88-42-22-28-48-99(88)120-100/h3-68H,1-2H3. The lowest BCUT2D eigenvalue weighted by molar-refractivity contribution is 0.631. The Morgan fingerprint density at radius 2 is 0.550 bits per heavy atom. The molecule has 15 aromatic carbocycles. The normalized spacial score (nSPS) is 12.3. The van der Waals surface area contributed by atoms with Gasteiger partial charge >= 0.3 is 0 Å². The third-order valence-corrected chi connectivity index (χ3v) is 23.4. The first kappa shape index (κ1) is 70.6. The van der Waals surface area contributed by atoms with Gasteiger partial charge in [-0.25, -0.2) is 39.9 Å². The number of rotatable bonds is 15. The lowest BCUT2D eigenvalue weighted by atomic mass is 9.73. The molecule has 0 atom stereocenters. The molecule has 0 amide bonds. The maximum absolute atomic E-state index is 6.57. The van der Waals surface area contributed by atoms with Crippen LogP contribution in [-0.4, -0.2) is 44.4 Å². The average molecular weight is 1540 g/mol. The molecule has 21 aromatic rings. The summed E-state index contributed by atoms with van der Waals surface area (Å²) < 4.78 is 8.84. The summed E-state index contributed by atoms with van der Waals surface area (Å²) in [7, 11) is 0. The molecule has 6 aromatic heterocycles. The molecule has 0 saturated carbocycles. The summed E-state index contributed by atoms with van der Waals surface area (Å²) >= 11 is 0.